The summed E-state index contributed by atoms with van der Waals surface area (Å²) in [5.41, 5.74) is 16.2. The van der Waals surface area contributed by atoms with Crippen LogP contribution in [0.2, 0.25) is 0 Å². The van der Waals surface area contributed by atoms with Crippen molar-refractivity contribution < 1.29 is 0 Å². The summed E-state index contributed by atoms with van der Waals surface area (Å²) >= 11 is 0. The van der Waals surface area contributed by atoms with Gasteiger partial charge in [-0.25, -0.2) is 0 Å². The fourth-order valence-electron chi connectivity index (χ4n) is 7.68. The highest BCUT2D eigenvalue weighted by atomic mass is 15.0. The monoisotopic (exact) mass is 613 g/mol. The van der Waals surface area contributed by atoms with Gasteiger partial charge in [0.15, 0.2) is 0 Å². The van der Waals surface area contributed by atoms with Crippen LogP contribution in [0.3, 0.4) is 0 Å². The highest BCUT2D eigenvalue weighted by Crippen LogP contribution is 2.39. The van der Waals surface area contributed by atoms with Crippen molar-refractivity contribution in [1.29, 1.82) is 0 Å². The first kappa shape index (κ1) is 28.3. The predicted molar refractivity (Wildman–Crippen MR) is 204 cm³/mol. The maximum Gasteiger partial charge on any atom is 0.0537 e. The molecule has 9 rings (SSSR count). The third-order valence-corrected chi connectivity index (χ3v) is 10.2. The molecule has 0 aliphatic heterocycles. The van der Waals surface area contributed by atoms with E-state index in [1.165, 1.54) is 61.1 Å². The van der Waals surface area contributed by atoms with Crippen LogP contribution in [-0.2, 0) is 12.8 Å². The number of fused-ring (bicyclic) bond motifs is 3. The largest absolute Gasteiger partial charge is 0.310 e. The van der Waals surface area contributed by atoms with Crippen molar-refractivity contribution in [2.45, 2.75) is 18.8 Å². The first-order chi connectivity index (χ1) is 23.7. The Balaban J connectivity index is 1.10. The smallest absolute Gasteiger partial charge is 0.0537 e. The zero-order valence-electron chi connectivity index (χ0n) is 26.8. The normalized spacial score (nSPS) is 19.2. The van der Waals surface area contributed by atoms with E-state index in [1.807, 2.05) is 0 Å². The quantitative estimate of drug-likeness (QED) is 0.186. The molecule has 3 aliphatic carbocycles. The van der Waals surface area contributed by atoms with Crippen molar-refractivity contribution in [3.8, 4) is 16.9 Å². The van der Waals surface area contributed by atoms with Gasteiger partial charge in [0.05, 0.1) is 5.69 Å². The summed E-state index contributed by atoms with van der Waals surface area (Å²) in [7, 11) is 0. The second-order valence-corrected chi connectivity index (χ2v) is 13.0. The first-order valence-electron chi connectivity index (χ1n) is 16.8. The van der Waals surface area contributed by atoms with Crippen molar-refractivity contribution in [3.63, 3.8) is 0 Å². The molecular formula is C47H35N. The zero-order chi connectivity index (χ0) is 32.0. The standard InChI is InChI=1S/C47H35N/c1-32-17-20-35-12-7-13-36-21-18-33(29-45(35)36)19-27-42(32)37-22-25-41(26-23-37)48-46-28-24-39(44-16-8-14-34-9-5-6-15-43(34)44)30-40(46)31-47(48)38-10-3-2-4-11-38/h2-28,31,39H,1,29-30H2/b20-17-,33-19-,42-27+. The lowest BCUT2D eigenvalue weighted by Crippen LogP contribution is -2.08. The number of rotatable bonds is 4. The summed E-state index contributed by atoms with van der Waals surface area (Å²) in [4.78, 5) is 0. The number of hydrogen-bond donors (Lipinski definition) is 0. The predicted octanol–water partition coefficient (Wildman–Crippen LogP) is 11.8. The number of nitrogens with zero attached hydrogens (tertiary/aromatic N) is 1. The molecule has 1 heteroatoms. The summed E-state index contributed by atoms with van der Waals surface area (Å²) < 4.78 is 2.43. The average Bonchev–Trinajstić information content (AvgIpc) is 3.53. The van der Waals surface area contributed by atoms with Crippen LogP contribution in [0, 0.1) is 0 Å². The number of allylic oxidation sites excluding steroid dienone is 8. The second-order valence-electron chi connectivity index (χ2n) is 13.0. The maximum absolute atomic E-state index is 4.50. The molecule has 0 spiro atoms. The lowest BCUT2D eigenvalue weighted by molar-refractivity contribution is 0.828. The van der Waals surface area contributed by atoms with E-state index in [0.717, 1.165) is 35.2 Å². The minimum absolute atomic E-state index is 0.329. The summed E-state index contributed by atoms with van der Waals surface area (Å²) in [6.07, 6.45) is 20.0. The number of benzene rings is 5. The highest BCUT2D eigenvalue weighted by molar-refractivity contribution is 5.88. The zero-order valence-corrected chi connectivity index (χ0v) is 26.8. The van der Waals surface area contributed by atoms with Gasteiger partial charge in [0, 0.05) is 17.3 Å². The van der Waals surface area contributed by atoms with Gasteiger partial charge < -0.3 is 4.57 Å². The summed E-state index contributed by atoms with van der Waals surface area (Å²) in [6.45, 7) is 4.50. The molecule has 1 atom stereocenters. The Kier molecular flexibility index (Phi) is 6.91. The summed E-state index contributed by atoms with van der Waals surface area (Å²) in [5, 5.41) is 2.64. The van der Waals surface area contributed by atoms with Gasteiger partial charge in [-0.3, -0.25) is 0 Å². The third kappa shape index (κ3) is 4.96. The van der Waals surface area contributed by atoms with E-state index in [9.17, 15) is 0 Å². The minimum Gasteiger partial charge on any atom is -0.310 e. The second kappa shape index (κ2) is 11.7. The van der Waals surface area contributed by atoms with E-state index < -0.39 is 0 Å². The molecule has 0 amide bonds. The molecular weight excluding hydrogens is 579 g/mol. The van der Waals surface area contributed by atoms with Crippen LogP contribution in [-0.4, -0.2) is 4.57 Å². The average molecular weight is 614 g/mol. The van der Waals surface area contributed by atoms with Crippen molar-refractivity contribution in [2.24, 2.45) is 0 Å². The molecule has 5 aromatic carbocycles. The molecule has 3 aliphatic rings. The Hall–Kier alpha value is -5.92. The topological polar surface area (TPSA) is 4.93 Å². The molecule has 1 aromatic heterocycles. The van der Waals surface area contributed by atoms with Crippen LogP contribution in [0.15, 0.2) is 169 Å². The maximum atomic E-state index is 4.50. The lowest BCUT2D eigenvalue weighted by Gasteiger charge is -2.21. The molecule has 0 saturated carbocycles. The van der Waals surface area contributed by atoms with Crippen LogP contribution in [0.5, 0.6) is 0 Å². The van der Waals surface area contributed by atoms with Crippen LogP contribution in [0.4, 0.5) is 0 Å². The number of aromatic nitrogens is 1. The van der Waals surface area contributed by atoms with Crippen LogP contribution < -0.4 is 0 Å². The number of hydrogen-bond acceptors (Lipinski definition) is 0. The van der Waals surface area contributed by atoms with Gasteiger partial charge in [-0.15, -0.1) is 0 Å². The molecule has 48 heavy (non-hydrogen) atoms. The molecule has 0 N–H and O–H groups in total. The van der Waals surface area contributed by atoms with Crippen LogP contribution >= 0.6 is 0 Å². The Morgan fingerprint density at radius 3 is 2.23 bits per heavy atom. The molecule has 2 bridgehead atoms. The van der Waals surface area contributed by atoms with E-state index in [2.05, 4.69) is 181 Å². The Morgan fingerprint density at radius 2 is 1.38 bits per heavy atom. The van der Waals surface area contributed by atoms with Gasteiger partial charge in [-0.2, -0.15) is 0 Å². The SMILES string of the molecule is C=C1/C=C\c2cccc3c2C/C(=C\C=C/1c1ccc(-n2c(-c4ccccc4)cc4c2C=CC(c2cccc5ccccc25)C4)cc1)C=C3. The van der Waals surface area contributed by atoms with E-state index in [0.29, 0.717) is 5.92 Å². The van der Waals surface area contributed by atoms with E-state index in [-0.39, 0.29) is 0 Å². The van der Waals surface area contributed by atoms with Gasteiger partial charge in [0.25, 0.3) is 0 Å². The summed E-state index contributed by atoms with van der Waals surface area (Å²) in [5.74, 6) is 0.329. The first-order valence-corrected chi connectivity index (χ1v) is 16.8. The third-order valence-electron chi connectivity index (χ3n) is 10.2. The lowest BCUT2D eigenvalue weighted by atomic mass is 9.85. The Bertz CT molecular complexity index is 2380. The highest BCUT2D eigenvalue weighted by Gasteiger charge is 2.24. The molecule has 0 radical (unpaired) electrons. The Morgan fingerprint density at radius 1 is 0.625 bits per heavy atom. The summed E-state index contributed by atoms with van der Waals surface area (Å²) in [6, 6.07) is 44.2. The minimum atomic E-state index is 0.329. The molecule has 1 unspecified atom stereocenters. The fraction of sp³-hybridized carbons (Fsp3) is 0.0638. The van der Waals surface area contributed by atoms with Crippen molar-refractivity contribution in [3.05, 3.63) is 209 Å². The van der Waals surface area contributed by atoms with Crippen molar-refractivity contribution in [1.82, 2.24) is 4.57 Å². The van der Waals surface area contributed by atoms with Gasteiger partial charge in [-0.1, -0.05) is 152 Å². The fourth-order valence-corrected chi connectivity index (χ4v) is 7.68. The van der Waals surface area contributed by atoms with Crippen LogP contribution in [0.25, 0.3) is 51.5 Å². The van der Waals surface area contributed by atoms with E-state index in [1.54, 1.807) is 0 Å². The van der Waals surface area contributed by atoms with Gasteiger partial charge in [0.1, 0.15) is 0 Å². The van der Waals surface area contributed by atoms with E-state index in [4.69, 9.17) is 0 Å². The van der Waals surface area contributed by atoms with Crippen molar-refractivity contribution in [2.75, 3.05) is 0 Å². The van der Waals surface area contributed by atoms with Gasteiger partial charge in [-0.05, 0) is 104 Å². The van der Waals surface area contributed by atoms with Gasteiger partial charge in [0.2, 0.25) is 0 Å². The van der Waals surface area contributed by atoms with Gasteiger partial charge >= 0.3 is 0 Å². The Labute approximate surface area is 282 Å². The molecule has 228 valence electrons. The van der Waals surface area contributed by atoms with Crippen molar-refractivity contribution >= 4 is 34.6 Å². The molecule has 1 heterocycles. The molecule has 1 nitrogen and oxygen atoms in total. The molecule has 6 aromatic rings. The van der Waals surface area contributed by atoms with Crippen LogP contribution in [0.1, 0.15) is 45.0 Å². The molecule has 0 saturated heterocycles. The van der Waals surface area contributed by atoms with E-state index >= 15 is 0 Å². The molecule has 0 fully saturated rings.